The SMILES string of the molecule is CCOc1ccc(-n2cc(C(C)O)nn2)cc1F. The van der Waals surface area contributed by atoms with Crippen LogP contribution in [0.2, 0.25) is 0 Å². The number of hydrogen-bond donors (Lipinski definition) is 1. The Hall–Kier alpha value is -1.95. The highest BCUT2D eigenvalue weighted by Gasteiger charge is 2.10. The van der Waals surface area contributed by atoms with Gasteiger partial charge in [-0.25, -0.2) is 9.07 Å². The molecular weight excluding hydrogens is 237 g/mol. The van der Waals surface area contributed by atoms with Crippen molar-refractivity contribution < 1.29 is 14.2 Å². The lowest BCUT2D eigenvalue weighted by Gasteiger charge is -2.06. The van der Waals surface area contributed by atoms with Crippen molar-refractivity contribution in [2.45, 2.75) is 20.0 Å². The summed E-state index contributed by atoms with van der Waals surface area (Å²) in [6.07, 6.45) is 0.853. The molecule has 5 nitrogen and oxygen atoms in total. The van der Waals surface area contributed by atoms with Gasteiger partial charge in [-0.05, 0) is 26.0 Å². The van der Waals surface area contributed by atoms with Gasteiger partial charge in [-0.1, -0.05) is 5.21 Å². The average molecular weight is 251 g/mol. The van der Waals surface area contributed by atoms with Crippen LogP contribution >= 0.6 is 0 Å². The Balaban J connectivity index is 2.30. The molecule has 0 radical (unpaired) electrons. The molecule has 0 saturated heterocycles. The molecule has 0 aliphatic rings. The maximum absolute atomic E-state index is 13.7. The smallest absolute Gasteiger partial charge is 0.167 e. The largest absolute Gasteiger partial charge is 0.491 e. The van der Waals surface area contributed by atoms with Crippen LogP contribution in [0, 0.1) is 5.82 Å². The Bertz CT molecular complexity index is 540. The van der Waals surface area contributed by atoms with Gasteiger partial charge in [0.1, 0.15) is 5.69 Å². The summed E-state index contributed by atoms with van der Waals surface area (Å²) < 4.78 is 20.2. The second-order valence-electron chi connectivity index (χ2n) is 3.81. The number of aliphatic hydroxyl groups excluding tert-OH is 1. The molecular formula is C12H14FN3O2. The molecule has 1 aromatic heterocycles. The molecule has 1 heterocycles. The fraction of sp³-hybridized carbons (Fsp3) is 0.333. The van der Waals surface area contributed by atoms with Crippen LogP contribution in [0.4, 0.5) is 4.39 Å². The maximum atomic E-state index is 13.7. The first-order chi connectivity index (χ1) is 8.61. The number of aliphatic hydroxyl groups is 1. The average Bonchev–Trinajstić information content (AvgIpc) is 2.81. The topological polar surface area (TPSA) is 60.2 Å². The first kappa shape index (κ1) is 12.5. The normalized spacial score (nSPS) is 12.4. The van der Waals surface area contributed by atoms with E-state index < -0.39 is 11.9 Å². The standard InChI is InChI=1S/C12H14FN3O2/c1-3-18-12-5-4-9(6-10(12)13)16-7-11(8(2)17)14-15-16/h4-8,17H,3H2,1-2H3. The minimum atomic E-state index is -0.703. The van der Waals surface area contributed by atoms with Gasteiger partial charge in [-0.2, -0.15) is 0 Å². The highest BCUT2D eigenvalue weighted by Crippen LogP contribution is 2.20. The van der Waals surface area contributed by atoms with E-state index in [0.717, 1.165) is 0 Å². The molecule has 2 rings (SSSR count). The highest BCUT2D eigenvalue weighted by atomic mass is 19.1. The van der Waals surface area contributed by atoms with Crippen LogP contribution < -0.4 is 4.74 Å². The monoisotopic (exact) mass is 251 g/mol. The van der Waals surface area contributed by atoms with Gasteiger partial charge in [-0.3, -0.25) is 0 Å². The first-order valence-corrected chi connectivity index (χ1v) is 5.65. The fourth-order valence-electron chi connectivity index (χ4n) is 1.50. The molecule has 0 aliphatic carbocycles. The van der Waals surface area contributed by atoms with Crippen LogP contribution in [0.5, 0.6) is 5.75 Å². The van der Waals surface area contributed by atoms with Gasteiger partial charge in [0.25, 0.3) is 0 Å². The maximum Gasteiger partial charge on any atom is 0.167 e. The summed E-state index contributed by atoms with van der Waals surface area (Å²) in [5.74, 6) is -0.249. The van der Waals surface area contributed by atoms with Crippen molar-refractivity contribution in [1.82, 2.24) is 15.0 Å². The van der Waals surface area contributed by atoms with E-state index in [9.17, 15) is 9.50 Å². The van der Waals surface area contributed by atoms with Crippen LogP contribution in [0.1, 0.15) is 25.6 Å². The molecule has 1 N–H and O–H groups in total. The fourth-order valence-corrected chi connectivity index (χ4v) is 1.50. The minimum Gasteiger partial charge on any atom is -0.491 e. The predicted molar refractivity (Wildman–Crippen MR) is 63.1 cm³/mol. The summed E-state index contributed by atoms with van der Waals surface area (Å²) in [6.45, 7) is 3.79. The van der Waals surface area contributed by atoms with E-state index in [-0.39, 0.29) is 5.75 Å². The third-order valence-electron chi connectivity index (χ3n) is 2.42. The van der Waals surface area contributed by atoms with E-state index in [1.807, 2.05) is 0 Å². The van der Waals surface area contributed by atoms with Gasteiger partial charge in [0.2, 0.25) is 0 Å². The van der Waals surface area contributed by atoms with Crippen molar-refractivity contribution in [3.05, 3.63) is 35.9 Å². The zero-order chi connectivity index (χ0) is 13.1. The summed E-state index contributed by atoms with van der Waals surface area (Å²) in [5, 5.41) is 17.0. The number of ether oxygens (including phenoxy) is 1. The Morgan fingerprint density at radius 2 is 2.28 bits per heavy atom. The van der Waals surface area contributed by atoms with Crippen LogP contribution in [0.3, 0.4) is 0 Å². The van der Waals surface area contributed by atoms with E-state index in [1.165, 1.54) is 16.8 Å². The lowest BCUT2D eigenvalue weighted by molar-refractivity contribution is 0.194. The van der Waals surface area contributed by atoms with Crippen molar-refractivity contribution >= 4 is 0 Å². The molecule has 18 heavy (non-hydrogen) atoms. The molecule has 1 unspecified atom stereocenters. The van der Waals surface area contributed by atoms with Crippen LogP contribution in [0.15, 0.2) is 24.4 Å². The molecule has 0 spiro atoms. The number of halogens is 1. The number of aromatic nitrogens is 3. The van der Waals surface area contributed by atoms with Gasteiger partial charge in [-0.15, -0.1) is 5.10 Å². The van der Waals surface area contributed by atoms with Crippen molar-refractivity contribution in [2.24, 2.45) is 0 Å². The zero-order valence-electron chi connectivity index (χ0n) is 10.2. The van der Waals surface area contributed by atoms with Gasteiger partial charge >= 0.3 is 0 Å². The van der Waals surface area contributed by atoms with E-state index in [0.29, 0.717) is 18.0 Å². The minimum absolute atomic E-state index is 0.206. The van der Waals surface area contributed by atoms with E-state index in [2.05, 4.69) is 10.3 Å². The Morgan fingerprint density at radius 3 is 2.83 bits per heavy atom. The Kier molecular flexibility index (Phi) is 3.57. The molecule has 0 fully saturated rings. The molecule has 6 heteroatoms. The van der Waals surface area contributed by atoms with Gasteiger partial charge in [0.15, 0.2) is 11.6 Å². The molecule has 0 saturated carbocycles. The zero-order valence-corrected chi connectivity index (χ0v) is 10.2. The second kappa shape index (κ2) is 5.14. The summed E-state index contributed by atoms with van der Waals surface area (Å²) >= 11 is 0. The summed E-state index contributed by atoms with van der Waals surface area (Å²) in [4.78, 5) is 0. The molecule has 0 amide bonds. The van der Waals surface area contributed by atoms with Crippen LogP contribution in [-0.4, -0.2) is 26.7 Å². The number of hydrogen-bond acceptors (Lipinski definition) is 4. The van der Waals surface area contributed by atoms with Crippen LogP contribution in [0.25, 0.3) is 5.69 Å². The van der Waals surface area contributed by atoms with E-state index >= 15 is 0 Å². The number of benzene rings is 1. The molecule has 0 bridgehead atoms. The van der Waals surface area contributed by atoms with Gasteiger partial charge in [0, 0.05) is 6.07 Å². The van der Waals surface area contributed by atoms with Crippen molar-refractivity contribution in [3.8, 4) is 11.4 Å². The van der Waals surface area contributed by atoms with Gasteiger partial charge < -0.3 is 9.84 Å². The molecule has 1 aromatic carbocycles. The quantitative estimate of drug-likeness (QED) is 0.901. The Labute approximate surface area is 104 Å². The lowest BCUT2D eigenvalue weighted by Crippen LogP contribution is -1.99. The van der Waals surface area contributed by atoms with E-state index in [1.54, 1.807) is 26.1 Å². The van der Waals surface area contributed by atoms with Gasteiger partial charge in [0.05, 0.1) is 24.6 Å². The number of rotatable bonds is 4. The third-order valence-corrected chi connectivity index (χ3v) is 2.42. The molecule has 2 aromatic rings. The predicted octanol–water partition coefficient (Wildman–Crippen LogP) is 1.86. The number of nitrogens with zero attached hydrogens (tertiary/aromatic N) is 3. The molecule has 1 atom stereocenters. The van der Waals surface area contributed by atoms with Crippen molar-refractivity contribution in [3.63, 3.8) is 0 Å². The molecule has 96 valence electrons. The lowest BCUT2D eigenvalue weighted by atomic mass is 10.3. The Morgan fingerprint density at radius 1 is 1.50 bits per heavy atom. The summed E-state index contributed by atoms with van der Waals surface area (Å²) in [5.41, 5.74) is 0.958. The van der Waals surface area contributed by atoms with Crippen molar-refractivity contribution in [2.75, 3.05) is 6.61 Å². The summed E-state index contributed by atoms with van der Waals surface area (Å²) in [6, 6.07) is 4.53. The second-order valence-corrected chi connectivity index (χ2v) is 3.81. The third kappa shape index (κ3) is 2.48. The van der Waals surface area contributed by atoms with Crippen molar-refractivity contribution in [1.29, 1.82) is 0 Å². The van der Waals surface area contributed by atoms with E-state index in [4.69, 9.17) is 4.74 Å². The molecule has 0 aliphatic heterocycles. The van der Waals surface area contributed by atoms with Crippen LogP contribution in [-0.2, 0) is 0 Å². The highest BCUT2D eigenvalue weighted by molar-refractivity contribution is 5.38. The first-order valence-electron chi connectivity index (χ1n) is 5.65. The summed E-state index contributed by atoms with van der Waals surface area (Å²) in [7, 11) is 0.